The van der Waals surface area contributed by atoms with Crippen LogP contribution in [0, 0.1) is 0 Å². The van der Waals surface area contributed by atoms with Crippen LogP contribution in [0.5, 0.6) is 5.75 Å². The van der Waals surface area contributed by atoms with Crippen LogP contribution in [0.2, 0.25) is 0 Å². The largest absolute Gasteiger partial charge is 0.497 e. The van der Waals surface area contributed by atoms with Crippen molar-refractivity contribution < 1.29 is 17.9 Å². The highest BCUT2D eigenvalue weighted by Crippen LogP contribution is 2.33. The molecule has 1 saturated heterocycles. The lowest BCUT2D eigenvalue weighted by atomic mass is 9.92. The molecule has 4 rings (SSSR count). The zero-order chi connectivity index (χ0) is 19.7. The van der Waals surface area contributed by atoms with Gasteiger partial charge in [-0.15, -0.1) is 0 Å². The monoisotopic (exact) mass is 391 g/mol. The molecule has 0 saturated carbocycles. The van der Waals surface area contributed by atoms with Gasteiger partial charge in [-0.1, -0.05) is 12.1 Å². The van der Waals surface area contributed by atoms with Gasteiger partial charge in [0.1, 0.15) is 12.1 Å². The van der Waals surface area contributed by atoms with Gasteiger partial charge in [-0.25, -0.2) is 4.98 Å². The Balaban J connectivity index is 1.46. The number of hydrogen-bond acceptors (Lipinski definition) is 5. The minimum absolute atomic E-state index is 0.00881. The average Bonchev–Trinajstić information content (AvgIpc) is 3.16. The molecule has 1 fully saturated rings. The number of halogens is 3. The third kappa shape index (κ3) is 3.80. The van der Waals surface area contributed by atoms with E-state index in [1.165, 1.54) is 5.56 Å². The molecule has 1 aromatic carbocycles. The molecular weight excluding hydrogens is 371 g/mol. The van der Waals surface area contributed by atoms with Crippen molar-refractivity contribution in [3.8, 4) is 5.75 Å². The molecule has 0 N–H and O–H groups in total. The fraction of sp³-hybridized carbons (Fsp3) is 0.421. The van der Waals surface area contributed by atoms with E-state index < -0.39 is 11.9 Å². The van der Waals surface area contributed by atoms with Gasteiger partial charge in [-0.2, -0.15) is 27.8 Å². The number of aromatic nitrogens is 4. The summed E-state index contributed by atoms with van der Waals surface area (Å²) < 4.78 is 46.0. The van der Waals surface area contributed by atoms with Crippen molar-refractivity contribution in [2.24, 2.45) is 0 Å². The summed E-state index contributed by atoms with van der Waals surface area (Å²) >= 11 is 0. The number of alkyl halides is 3. The molecule has 0 unspecified atom stereocenters. The number of likely N-dealkylation sites (tertiary alicyclic amines) is 1. The average molecular weight is 391 g/mol. The molecule has 0 bridgehead atoms. The Morgan fingerprint density at radius 2 is 1.86 bits per heavy atom. The first-order chi connectivity index (χ1) is 13.4. The van der Waals surface area contributed by atoms with Crippen LogP contribution in [0.15, 0.2) is 36.7 Å². The second-order valence-corrected chi connectivity index (χ2v) is 6.93. The minimum atomic E-state index is -4.50. The zero-order valence-corrected chi connectivity index (χ0v) is 15.4. The van der Waals surface area contributed by atoms with E-state index in [1.807, 2.05) is 24.3 Å². The highest BCUT2D eigenvalue weighted by molar-refractivity contribution is 5.33. The van der Waals surface area contributed by atoms with E-state index >= 15 is 0 Å². The molecule has 0 atom stereocenters. The molecule has 148 valence electrons. The van der Waals surface area contributed by atoms with Crippen molar-refractivity contribution in [1.82, 2.24) is 24.5 Å². The minimum Gasteiger partial charge on any atom is -0.497 e. The van der Waals surface area contributed by atoms with Gasteiger partial charge in [0, 0.05) is 18.2 Å². The van der Waals surface area contributed by atoms with E-state index in [2.05, 4.69) is 20.0 Å². The molecule has 2 aromatic heterocycles. The number of nitrogens with zero attached hydrogens (tertiary/aromatic N) is 5. The second kappa shape index (κ2) is 7.38. The van der Waals surface area contributed by atoms with Gasteiger partial charge in [-0.05, 0) is 49.7 Å². The van der Waals surface area contributed by atoms with Gasteiger partial charge in [0.2, 0.25) is 0 Å². The molecule has 28 heavy (non-hydrogen) atoms. The molecule has 0 spiro atoms. The van der Waals surface area contributed by atoms with Crippen molar-refractivity contribution in [2.45, 2.75) is 31.5 Å². The molecule has 0 radical (unpaired) electrons. The number of methoxy groups -OCH3 is 1. The van der Waals surface area contributed by atoms with Crippen molar-refractivity contribution in [3.63, 3.8) is 0 Å². The summed E-state index contributed by atoms with van der Waals surface area (Å²) in [5, 5.41) is 3.65. The van der Waals surface area contributed by atoms with Crippen LogP contribution in [0.3, 0.4) is 0 Å². The van der Waals surface area contributed by atoms with Crippen LogP contribution in [0.25, 0.3) is 5.78 Å². The summed E-state index contributed by atoms with van der Waals surface area (Å²) in [6.07, 6.45) is -1.90. The van der Waals surface area contributed by atoms with Gasteiger partial charge < -0.3 is 4.74 Å². The Kier molecular flexibility index (Phi) is 4.92. The number of ether oxygens (including phenoxy) is 1. The number of hydrogen-bond donors (Lipinski definition) is 0. The fourth-order valence-corrected chi connectivity index (χ4v) is 3.62. The Hall–Kier alpha value is -2.68. The molecule has 0 amide bonds. The molecule has 1 aliphatic heterocycles. The maximum atomic E-state index is 13.4. The molecular formula is C19H20F3N5O. The maximum Gasteiger partial charge on any atom is 0.433 e. The quantitative estimate of drug-likeness (QED) is 0.681. The summed E-state index contributed by atoms with van der Waals surface area (Å²) in [6.45, 7) is 2.41. The van der Waals surface area contributed by atoms with Crippen LogP contribution in [-0.2, 0) is 12.7 Å². The molecule has 0 aliphatic carbocycles. The van der Waals surface area contributed by atoms with Crippen LogP contribution in [0.1, 0.15) is 35.7 Å². The number of benzene rings is 1. The van der Waals surface area contributed by atoms with Crippen molar-refractivity contribution >= 4 is 5.78 Å². The normalized spacial score (nSPS) is 16.6. The van der Waals surface area contributed by atoms with E-state index in [-0.39, 0.29) is 11.7 Å². The van der Waals surface area contributed by atoms with Crippen LogP contribution < -0.4 is 4.74 Å². The number of fused-ring (bicyclic) bond motifs is 1. The van der Waals surface area contributed by atoms with E-state index in [0.29, 0.717) is 5.69 Å². The van der Waals surface area contributed by atoms with E-state index in [1.54, 1.807) is 7.11 Å². The highest BCUT2D eigenvalue weighted by Gasteiger charge is 2.36. The van der Waals surface area contributed by atoms with Gasteiger partial charge in [0.05, 0.1) is 7.11 Å². The topological polar surface area (TPSA) is 55.6 Å². The van der Waals surface area contributed by atoms with E-state index in [4.69, 9.17) is 4.74 Å². The first-order valence-corrected chi connectivity index (χ1v) is 9.07. The SMILES string of the molecule is COc1ccc(CN2CCC(c3cc(C(F)(F)F)n4ncnc4n3)CC2)cc1. The van der Waals surface area contributed by atoms with Gasteiger partial charge in [0.25, 0.3) is 5.78 Å². The van der Waals surface area contributed by atoms with Gasteiger partial charge >= 0.3 is 6.18 Å². The van der Waals surface area contributed by atoms with Crippen LogP contribution >= 0.6 is 0 Å². The molecule has 9 heteroatoms. The molecule has 6 nitrogen and oxygen atoms in total. The second-order valence-electron chi connectivity index (χ2n) is 6.93. The van der Waals surface area contributed by atoms with E-state index in [0.717, 1.165) is 55.1 Å². The predicted molar refractivity (Wildman–Crippen MR) is 96.0 cm³/mol. The van der Waals surface area contributed by atoms with Crippen LogP contribution in [0.4, 0.5) is 13.2 Å². The molecule has 3 heterocycles. The summed E-state index contributed by atoms with van der Waals surface area (Å²) in [4.78, 5) is 10.5. The summed E-state index contributed by atoms with van der Waals surface area (Å²) in [5.74, 6) is 0.790. The third-order valence-corrected chi connectivity index (χ3v) is 5.13. The Labute approximate surface area is 160 Å². The van der Waals surface area contributed by atoms with Crippen molar-refractivity contribution in [3.05, 3.63) is 53.6 Å². The summed E-state index contributed by atoms with van der Waals surface area (Å²) in [7, 11) is 1.63. The van der Waals surface area contributed by atoms with E-state index in [9.17, 15) is 13.2 Å². The number of piperidine rings is 1. The van der Waals surface area contributed by atoms with Gasteiger partial charge in [0.15, 0.2) is 5.69 Å². The predicted octanol–water partition coefficient (Wildman–Crippen LogP) is 3.53. The Morgan fingerprint density at radius 3 is 2.50 bits per heavy atom. The van der Waals surface area contributed by atoms with Crippen LogP contribution in [-0.4, -0.2) is 44.7 Å². The molecule has 3 aromatic rings. The highest BCUT2D eigenvalue weighted by atomic mass is 19.4. The lowest BCUT2D eigenvalue weighted by Crippen LogP contribution is -2.33. The fourth-order valence-electron chi connectivity index (χ4n) is 3.62. The smallest absolute Gasteiger partial charge is 0.433 e. The molecule has 1 aliphatic rings. The maximum absolute atomic E-state index is 13.4. The zero-order valence-electron chi connectivity index (χ0n) is 15.4. The first-order valence-electron chi connectivity index (χ1n) is 9.07. The first kappa shape index (κ1) is 18.7. The Morgan fingerprint density at radius 1 is 1.14 bits per heavy atom. The van der Waals surface area contributed by atoms with Crippen molar-refractivity contribution in [2.75, 3.05) is 20.2 Å². The van der Waals surface area contributed by atoms with Gasteiger partial charge in [-0.3, -0.25) is 4.90 Å². The lowest BCUT2D eigenvalue weighted by Gasteiger charge is -2.31. The number of rotatable bonds is 4. The summed E-state index contributed by atoms with van der Waals surface area (Å²) in [6, 6.07) is 9.03. The summed E-state index contributed by atoms with van der Waals surface area (Å²) in [5.41, 5.74) is 0.796. The van der Waals surface area contributed by atoms with Crippen molar-refractivity contribution in [1.29, 1.82) is 0 Å². The standard InChI is InChI=1S/C19H20F3N5O/c1-28-15-4-2-13(3-5-15)11-26-8-6-14(7-9-26)16-10-17(19(20,21)22)27-18(25-16)23-12-24-27/h2-5,10,12,14H,6-9,11H2,1H3. The Bertz CT molecular complexity index is 946. The lowest BCUT2D eigenvalue weighted by molar-refractivity contribution is -0.142. The third-order valence-electron chi connectivity index (χ3n) is 5.13.